The predicted molar refractivity (Wildman–Crippen MR) is 81.7 cm³/mol. The average Bonchev–Trinajstić information content (AvgIpc) is 2.28. The Morgan fingerprint density at radius 3 is 2.63 bits per heavy atom. The Kier molecular flexibility index (Phi) is 6.10. The summed E-state index contributed by atoms with van der Waals surface area (Å²) in [5, 5.41) is 3.33. The number of nitrogens with two attached hydrogens (primary N) is 1. The third kappa shape index (κ3) is 4.09. The number of carbonyl (C=O) groups excluding carboxylic acids is 1. The molecule has 0 bridgehead atoms. The summed E-state index contributed by atoms with van der Waals surface area (Å²) in [4.78, 5) is 12.2. The van der Waals surface area contributed by atoms with Gasteiger partial charge >= 0.3 is 0 Å². The van der Waals surface area contributed by atoms with Crippen molar-refractivity contribution in [3.05, 3.63) is 21.6 Å². The zero-order valence-corrected chi connectivity index (χ0v) is 13.5. The van der Waals surface area contributed by atoms with Gasteiger partial charge in [-0.1, -0.05) is 25.4 Å². The molecule has 0 saturated heterocycles. The summed E-state index contributed by atoms with van der Waals surface area (Å²) in [6, 6.07) is 3.36. The highest BCUT2D eigenvalue weighted by Crippen LogP contribution is 2.36. The summed E-state index contributed by atoms with van der Waals surface area (Å²) >= 11 is 9.32. The number of rotatable bonds is 5. The summed E-state index contributed by atoms with van der Waals surface area (Å²) in [6.45, 7) is 4.22. The Morgan fingerprint density at radius 2 is 2.16 bits per heavy atom. The Hall–Kier alpha value is -0.780. The zero-order chi connectivity index (χ0) is 14.6. The Balaban J connectivity index is 3.02. The molecule has 1 aromatic carbocycles. The molecule has 1 unspecified atom stereocenters. The molecule has 0 heterocycles. The number of benzene rings is 1. The second-order valence-electron chi connectivity index (χ2n) is 4.54. The molecule has 19 heavy (non-hydrogen) atoms. The van der Waals surface area contributed by atoms with Crippen LogP contribution in [0.1, 0.15) is 13.8 Å². The molecule has 1 atom stereocenters. The second kappa shape index (κ2) is 7.12. The fourth-order valence-electron chi connectivity index (χ4n) is 1.77. The molecule has 0 radical (unpaired) electrons. The van der Waals surface area contributed by atoms with Gasteiger partial charge in [0.25, 0.3) is 0 Å². The van der Waals surface area contributed by atoms with Crippen molar-refractivity contribution in [1.82, 2.24) is 0 Å². The minimum absolute atomic E-state index is 0.134. The molecule has 0 fully saturated rings. The maximum Gasteiger partial charge on any atom is 0.229 e. The first-order chi connectivity index (χ1) is 8.90. The summed E-state index contributed by atoms with van der Waals surface area (Å²) in [6.07, 6.45) is 0. The maximum atomic E-state index is 12.2. The van der Waals surface area contributed by atoms with Gasteiger partial charge in [0.15, 0.2) is 5.75 Å². The van der Waals surface area contributed by atoms with Gasteiger partial charge in [-0.3, -0.25) is 4.79 Å². The number of amides is 1. The number of ether oxygens (including phenoxy) is 1. The van der Waals surface area contributed by atoms with Crippen molar-refractivity contribution in [3.63, 3.8) is 0 Å². The van der Waals surface area contributed by atoms with Crippen molar-refractivity contribution >= 4 is 39.1 Å². The van der Waals surface area contributed by atoms with E-state index in [0.717, 1.165) is 0 Å². The molecule has 0 aliphatic carbocycles. The van der Waals surface area contributed by atoms with E-state index in [4.69, 9.17) is 22.1 Å². The van der Waals surface area contributed by atoms with Crippen molar-refractivity contribution in [3.8, 4) is 5.75 Å². The number of carbonyl (C=O) groups is 1. The van der Waals surface area contributed by atoms with Gasteiger partial charge in [0, 0.05) is 11.6 Å². The minimum Gasteiger partial charge on any atom is -0.493 e. The number of hydrogen-bond acceptors (Lipinski definition) is 3. The molecule has 4 nitrogen and oxygen atoms in total. The van der Waals surface area contributed by atoms with Crippen LogP contribution in [-0.4, -0.2) is 19.6 Å². The van der Waals surface area contributed by atoms with Crippen LogP contribution in [0, 0.1) is 11.8 Å². The first-order valence-corrected chi connectivity index (χ1v) is 7.11. The summed E-state index contributed by atoms with van der Waals surface area (Å²) in [5.74, 6) is 0.323. The number of halogens is 2. The minimum atomic E-state index is -0.248. The van der Waals surface area contributed by atoms with Gasteiger partial charge in [-0.25, -0.2) is 0 Å². The van der Waals surface area contributed by atoms with Crippen molar-refractivity contribution in [2.45, 2.75) is 13.8 Å². The molecule has 3 N–H and O–H groups in total. The molecular weight excluding hydrogens is 332 g/mol. The lowest BCUT2D eigenvalue weighted by Gasteiger charge is -2.19. The maximum absolute atomic E-state index is 12.2. The van der Waals surface area contributed by atoms with E-state index in [0.29, 0.717) is 27.5 Å². The molecule has 0 spiro atoms. The van der Waals surface area contributed by atoms with E-state index in [-0.39, 0.29) is 17.7 Å². The highest BCUT2D eigenvalue weighted by atomic mass is 79.9. The van der Waals surface area contributed by atoms with E-state index < -0.39 is 0 Å². The second-order valence-corrected chi connectivity index (χ2v) is 5.83. The monoisotopic (exact) mass is 348 g/mol. The van der Waals surface area contributed by atoms with Crippen LogP contribution in [-0.2, 0) is 4.79 Å². The number of hydrogen-bond donors (Lipinski definition) is 2. The van der Waals surface area contributed by atoms with Crippen molar-refractivity contribution < 1.29 is 9.53 Å². The lowest BCUT2D eigenvalue weighted by atomic mass is 9.95. The summed E-state index contributed by atoms with van der Waals surface area (Å²) in [7, 11) is 1.53. The quantitative estimate of drug-likeness (QED) is 0.857. The molecule has 0 aliphatic rings. The first-order valence-electron chi connectivity index (χ1n) is 5.94. The highest BCUT2D eigenvalue weighted by molar-refractivity contribution is 9.10. The normalized spacial score (nSPS) is 12.4. The summed E-state index contributed by atoms with van der Waals surface area (Å²) < 4.78 is 5.94. The standard InChI is InChI=1S/C13H18BrClN2O2/c1-7(2)9(6-16)13(18)17-11-5-8(15)4-10(14)12(11)19-3/h4-5,7,9H,6,16H2,1-3H3,(H,17,18). The molecule has 1 amide bonds. The lowest BCUT2D eigenvalue weighted by molar-refractivity contribution is -0.120. The Morgan fingerprint density at radius 1 is 1.53 bits per heavy atom. The largest absolute Gasteiger partial charge is 0.493 e. The van der Waals surface area contributed by atoms with Crippen LogP contribution in [0.25, 0.3) is 0 Å². The van der Waals surface area contributed by atoms with Crippen LogP contribution in [0.4, 0.5) is 5.69 Å². The van der Waals surface area contributed by atoms with Crippen LogP contribution >= 0.6 is 27.5 Å². The Bertz CT molecular complexity index is 466. The van der Waals surface area contributed by atoms with Crippen LogP contribution < -0.4 is 15.8 Å². The van der Waals surface area contributed by atoms with Gasteiger partial charge in [0.1, 0.15) is 0 Å². The number of nitrogens with one attached hydrogen (secondary N) is 1. The van der Waals surface area contributed by atoms with Gasteiger partial charge in [0.2, 0.25) is 5.91 Å². The smallest absolute Gasteiger partial charge is 0.229 e. The first kappa shape index (κ1) is 16.3. The van der Waals surface area contributed by atoms with Gasteiger partial charge in [-0.05, 0) is 34.0 Å². The molecule has 6 heteroatoms. The van der Waals surface area contributed by atoms with Crippen LogP contribution in [0.15, 0.2) is 16.6 Å². The molecule has 1 aromatic rings. The van der Waals surface area contributed by atoms with Crippen LogP contribution in [0.2, 0.25) is 5.02 Å². The Labute approximate surface area is 126 Å². The fourth-order valence-corrected chi connectivity index (χ4v) is 2.74. The highest BCUT2D eigenvalue weighted by Gasteiger charge is 2.22. The molecule has 0 aromatic heterocycles. The topological polar surface area (TPSA) is 64.3 Å². The van der Waals surface area contributed by atoms with E-state index in [9.17, 15) is 4.79 Å². The molecular formula is C13H18BrClN2O2. The van der Waals surface area contributed by atoms with E-state index in [2.05, 4.69) is 21.2 Å². The molecule has 0 saturated carbocycles. The fraction of sp³-hybridized carbons (Fsp3) is 0.462. The van der Waals surface area contributed by atoms with E-state index >= 15 is 0 Å². The van der Waals surface area contributed by atoms with E-state index in [1.54, 1.807) is 12.1 Å². The third-order valence-electron chi connectivity index (χ3n) is 2.87. The van der Waals surface area contributed by atoms with E-state index in [1.807, 2.05) is 13.8 Å². The van der Waals surface area contributed by atoms with Crippen LogP contribution in [0.3, 0.4) is 0 Å². The SMILES string of the molecule is COc1c(Br)cc(Cl)cc1NC(=O)C(CN)C(C)C. The van der Waals surface area contributed by atoms with Crippen LogP contribution in [0.5, 0.6) is 5.75 Å². The third-order valence-corrected chi connectivity index (χ3v) is 3.67. The lowest BCUT2D eigenvalue weighted by Crippen LogP contribution is -2.33. The molecule has 106 valence electrons. The summed E-state index contributed by atoms with van der Waals surface area (Å²) in [5.41, 5.74) is 6.16. The van der Waals surface area contributed by atoms with Crippen molar-refractivity contribution in [2.24, 2.45) is 17.6 Å². The molecule has 1 rings (SSSR count). The van der Waals surface area contributed by atoms with Gasteiger partial charge in [0.05, 0.1) is 23.2 Å². The van der Waals surface area contributed by atoms with Crippen molar-refractivity contribution in [2.75, 3.05) is 19.0 Å². The average molecular weight is 350 g/mol. The number of methoxy groups -OCH3 is 1. The molecule has 0 aliphatic heterocycles. The zero-order valence-electron chi connectivity index (χ0n) is 11.2. The van der Waals surface area contributed by atoms with Gasteiger partial charge in [-0.15, -0.1) is 0 Å². The predicted octanol–water partition coefficient (Wildman–Crippen LogP) is 3.28. The van der Waals surface area contributed by atoms with Crippen molar-refractivity contribution in [1.29, 1.82) is 0 Å². The van der Waals surface area contributed by atoms with Gasteiger partial charge < -0.3 is 15.8 Å². The number of anilines is 1. The van der Waals surface area contributed by atoms with E-state index in [1.165, 1.54) is 7.11 Å². The van der Waals surface area contributed by atoms with Gasteiger partial charge in [-0.2, -0.15) is 0 Å².